The zero-order chi connectivity index (χ0) is 32.6. The molecular weight excluding hydrogens is 581 g/mol. The molecule has 0 unspecified atom stereocenters. The highest BCUT2D eigenvalue weighted by Crippen LogP contribution is 2.56. The molecule has 0 spiro atoms. The normalized spacial score (nSPS) is 14.6. The molecule has 1 heterocycles. The minimum atomic E-state index is -0.0790. The molecule has 0 N–H and O–H groups in total. The molecule has 0 radical (unpaired) electrons. The van der Waals surface area contributed by atoms with E-state index in [2.05, 4.69) is 149 Å². The van der Waals surface area contributed by atoms with Crippen LogP contribution in [0.1, 0.15) is 49.9 Å². The van der Waals surface area contributed by atoms with Crippen LogP contribution in [0.15, 0.2) is 146 Å². The summed E-state index contributed by atoms with van der Waals surface area (Å²) in [6, 6.07) is 52.5. The van der Waals surface area contributed by atoms with Gasteiger partial charge in [-0.25, -0.2) is 9.97 Å². The molecule has 48 heavy (non-hydrogen) atoms. The first kappa shape index (κ1) is 28.6. The third kappa shape index (κ3) is 4.33. The van der Waals surface area contributed by atoms with Gasteiger partial charge in [-0.1, -0.05) is 143 Å². The molecule has 7 aromatic rings. The van der Waals surface area contributed by atoms with E-state index in [4.69, 9.17) is 9.97 Å². The van der Waals surface area contributed by atoms with Crippen LogP contribution in [0.5, 0.6) is 0 Å². The summed E-state index contributed by atoms with van der Waals surface area (Å²) in [5, 5.41) is 0. The highest BCUT2D eigenvalue weighted by molar-refractivity contribution is 5.91. The average molecular weight is 617 g/mol. The molecule has 0 atom stereocenters. The van der Waals surface area contributed by atoms with Gasteiger partial charge in [-0.3, -0.25) is 0 Å². The van der Waals surface area contributed by atoms with Gasteiger partial charge in [0.2, 0.25) is 0 Å². The van der Waals surface area contributed by atoms with Gasteiger partial charge in [-0.15, -0.1) is 0 Å². The molecule has 230 valence electrons. The van der Waals surface area contributed by atoms with E-state index in [9.17, 15) is 0 Å². The Morgan fingerprint density at radius 1 is 0.333 bits per heavy atom. The number of hydrogen-bond acceptors (Lipinski definition) is 2. The summed E-state index contributed by atoms with van der Waals surface area (Å²) in [6.45, 7) is 9.49. The molecule has 0 saturated carbocycles. The third-order valence-electron chi connectivity index (χ3n) is 10.7. The van der Waals surface area contributed by atoms with Gasteiger partial charge in [0.05, 0.1) is 11.4 Å². The van der Waals surface area contributed by atoms with Crippen molar-refractivity contribution in [3.8, 4) is 67.3 Å². The Bertz CT molecular complexity index is 2330. The molecular formula is C46H36N2. The minimum absolute atomic E-state index is 0.0332. The molecule has 9 rings (SSSR count). The van der Waals surface area contributed by atoms with Crippen LogP contribution < -0.4 is 0 Å². The Balaban J connectivity index is 1.16. The lowest BCUT2D eigenvalue weighted by Crippen LogP contribution is -2.16. The third-order valence-corrected chi connectivity index (χ3v) is 10.7. The summed E-state index contributed by atoms with van der Waals surface area (Å²) in [7, 11) is 0. The maximum absolute atomic E-state index is 5.09. The number of aromatic nitrogens is 2. The summed E-state index contributed by atoms with van der Waals surface area (Å²) >= 11 is 0. The first-order valence-electron chi connectivity index (χ1n) is 16.8. The highest BCUT2D eigenvalue weighted by Gasteiger charge is 2.41. The zero-order valence-corrected chi connectivity index (χ0v) is 27.8. The lowest BCUT2D eigenvalue weighted by atomic mass is 9.79. The van der Waals surface area contributed by atoms with Gasteiger partial charge in [-0.2, -0.15) is 0 Å². The van der Waals surface area contributed by atoms with Crippen molar-refractivity contribution in [2.75, 3.05) is 0 Å². The van der Waals surface area contributed by atoms with E-state index in [0.29, 0.717) is 0 Å². The number of hydrogen-bond donors (Lipinski definition) is 0. The Hall–Kier alpha value is -5.60. The molecule has 2 nitrogen and oxygen atoms in total. The van der Waals surface area contributed by atoms with Crippen LogP contribution in [-0.2, 0) is 10.8 Å². The highest BCUT2D eigenvalue weighted by atomic mass is 14.9. The van der Waals surface area contributed by atoms with Crippen LogP contribution in [0, 0.1) is 0 Å². The second kappa shape index (κ2) is 10.5. The summed E-state index contributed by atoms with van der Waals surface area (Å²) in [4.78, 5) is 10.1. The largest absolute Gasteiger partial charge is 0.228 e. The standard InChI is InChI=1S/C46H36N2/c1-45(2)38-21-12-11-20-34(38)36-26-41-37(27-40(36)45)35-25-32(22-23-39(35)46(41,3)4)31-18-13-19-33(24-31)43-28-42(29-14-7-5-8-15-29)47-44(48-43)30-16-9-6-10-17-30/h5-28H,1-4H3. The number of fused-ring (bicyclic) bond motifs is 6. The van der Waals surface area contributed by atoms with Crippen LogP contribution in [0.2, 0.25) is 0 Å². The molecule has 0 fully saturated rings. The van der Waals surface area contributed by atoms with Crippen molar-refractivity contribution in [1.82, 2.24) is 9.97 Å². The molecule has 0 aliphatic heterocycles. The summed E-state index contributed by atoms with van der Waals surface area (Å²) in [5.41, 5.74) is 18.4. The maximum Gasteiger partial charge on any atom is 0.160 e. The summed E-state index contributed by atoms with van der Waals surface area (Å²) < 4.78 is 0. The average Bonchev–Trinajstić information content (AvgIpc) is 3.50. The molecule has 2 heteroatoms. The maximum atomic E-state index is 5.09. The van der Waals surface area contributed by atoms with E-state index in [1.165, 1.54) is 55.6 Å². The van der Waals surface area contributed by atoms with Crippen molar-refractivity contribution >= 4 is 0 Å². The number of nitrogens with zero attached hydrogens (tertiary/aromatic N) is 2. The molecule has 2 aliphatic carbocycles. The minimum Gasteiger partial charge on any atom is -0.228 e. The summed E-state index contributed by atoms with van der Waals surface area (Å²) in [5.74, 6) is 0.728. The topological polar surface area (TPSA) is 25.8 Å². The zero-order valence-electron chi connectivity index (χ0n) is 27.8. The fraction of sp³-hybridized carbons (Fsp3) is 0.130. The Labute approximate surface area is 282 Å². The van der Waals surface area contributed by atoms with Crippen LogP contribution >= 0.6 is 0 Å². The lowest BCUT2D eigenvalue weighted by molar-refractivity contribution is 0.652. The number of benzene rings is 6. The van der Waals surface area contributed by atoms with Crippen LogP contribution in [-0.4, -0.2) is 9.97 Å². The van der Waals surface area contributed by atoms with Crippen LogP contribution in [0.4, 0.5) is 0 Å². The van der Waals surface area contributed by atoms with Gasteiger partial charge in [0, 0.05) is 27.5 Å². The molecule has 0 amide bonds. The van der Waals surface area contributed by atoms with Gasteiger partial charge in [-0.05, 0) is 86.0 Å². The van der Waals surface area contributed by atoms with Crippen molar-refractivity contribution < 1.29 is 0 Å². The van der Waals surface area contributed by atoms with E-state index < -0.39 is 0 Å². The molecule has 0 saturated heterocycles. The van der Waals surface area contributed by atoms with Gasteiger partial charge < -0.3 is 0 Å². The lowest BCUT2D eigenvalue weighted by Gasteiger charge is -2.24. The predicted octanol–water partition coefficient (Wildman–Crippen LogP) is 11.8. The van der Waals surface area contributed by atoms with Crippen LogP contribution in [0.3, 0.4) is 0 Å². The van der Waals surface area contributed by atoms with E-state index in [-0.39, 0.29) is 10.8 Å². The monoisotopic (exact) mass is 616 g/mol. The van der Waals surface area contributed by atoms with Crippen LogP contribution in [0.25, 0.3) is 67.3 Å². The first-order chi connectivity index (χ1) is 23.3. The fourth-order valence-corrected chi connectivity index (χ4v) is 8.05. The molecule has 1 aromatic heterocycles. The van der Waals surface area contributed by atoms with Gasteiger partial charge >= 0.3 is 0 Å². The quantitative estimate of drug-likeness (QED) is 0.197. The van der Waals surface area contributed by atoms with E-state index in [1.807, 2.05) is 24.3 Å². The molecule has 6 aromatic carbocycles. The summed E-state index contributed by atoms with van der Waals surface area (Å²) in [6.07, 6.45) is 0. The van der Waals surface area contributed by atoms with Crippen molar-refractivity contribution in [2.24, 2.45) is 0 Å². The molecule has 0 bridgehead atoms. The SMILES string of the molecule is CC1(C)c2ccccc2-c2cc3c(cc21)-c1cc(-c2cccc(-c4cc(-c5ccccc5)nc(-c5ccccc5)n4)c2)ccc1C3(C)C. The van der Waals surface area contributed by atoms with E-state index >= 15 is 0 Å². The van der Waals surface area contributed by atoms with Crippen molar-refractivity contribution in [3.05, 3.63) is 168 Å². The van der Waals surface area contributed by atoms with Crippen molar-refractivity contribution in [3.63, 3.8) is 0 Å². The van der Waals surface area contributed by atoms with Crippen molar-refractivity contribution in [2.45, 2.75) is 38.5 Å². The Morgan fingerprint density at radius 3 is 1.54 bits per heavy atom. The van der Waals surface area contributed by atoms with Gasteiger partial charge in [0.25, 0.3) is 0 Å². The van der Waals surface area contributed by atoms with Crippen molar-refractivity contribution in [1.29, 1.82) is 0 Å². The second-order valence-corrected chi connectivity index (χ2v) is 14.3. The predicted molar refractivity (Wildman–Crippen MR) is 199 cm³/mol. The van der Waals surface area contributed by atoms with Gasteiger partial charge in [0.1, 0.15) is 0 Å². The smallest absolute Gasteiger partial charge is 0.160 e. The van der Waals surface area contributed by atoms with E-state index in [1.54, 1.807) is 0 Å². The Morgan fingerprint density at radius 2 is 0.833 bits per heavy atom. The van der Waals surface area contributed by atoms with E-state index in [0.717, 1.165) is 33.9 Å². The fourth-order valence-electron chi connectivity index (χ4n) is 8.05. The van der Waals surface area contributed by atoms with Gasteiger partial charge in [0.15, 0.2) is 5.82 Å². The first-order valence-corrected chi connectivity index (χ1v) is 16.8. The number of rotatable bonds is 4. The molecule has 2 aliphatic rings. The Kier molecular flexibility index (Phi) is 6.23. The second-order valence-electron chi connectivity index (χ2n) is 14.3.